The first-order chi connectivity index (χ1) is 8.34. The van der Waals surface area contributed by atoms with Crippen LogP contribution in [0.5, 0.6) is 5.88 Å². The fourth-order valence-corrected chi connectivity index (χ4v) is 2.22. The van der Waals surface area contributed by atoms with Gasteiger partial charge in [0.25, 0.3) is 0 Å². The van der Waals surface area contributed by atoms with Gasteiger partial charge in [-0.1, -0.05) is 12.5 Å². The number of rotatable bonds is 5. The molecule has 1 aliphatic rings. The lowest BCUT2D eigenvalue weighted by molar-refractivity contribution is 0.276. The van der Waals surface area contributed by atoms with Crippen LogP contribution >= 0.6 is 0 Å². The molecule has 1 atom stereocenters. The summed E-state index contributed by atoms with van der Waals surface area (Å²) >= 11 is 0. The number of aryl methyl sites for hydroxylation is 1. The Bertz CT molecular complexity index is 317. The van der Waals surface area contributed by atoms with Crippen LogP contribution in [0.1, 0.15) is 37.7 Å². The maximum Gasteiger partial charge on any atom is 0.213 e. The lowest BCUT2D eigenvalue weighted by Gasteiger charge is -2.23. The molecule has 0 radical (unpaired) electrons. The molecule has 0 spiro atoms. The Morgan fingerprint density at radius 1 is 1.41 bits per heavy atom. The highest BCUT2D eigenvalue weighted by Crippen LogP contribution is 2.12. The third-order valence-corrected chi connectivity index (χ3v) is 3.24. The first kappa shape index (κ1) is 12.4. The zero-order chi connectivity index (χ0) is 11.9. The van der Waals surface area contributed by atoms with E-state index in [2.05, 4.69) is 10.3 Å². The van der Waals surface area contributed by atoms with Crippen molar-refractivity contribution in [2.24, 2.45) is 0 Å². The first-order valence-electron chi connectivity index (χ1n) is 6.63. The lowest BCUT2D eigenvalue weighted by atomic mass is 10.0. The lowest BCUT2D eigenvalue weighted by Crippen LogP contribution is -2.34. The van der Waals surface area contributed by atoms with Gasteiger partial charge in [-0.05, 0) is 44.7 Å². The second-order valence-electron chi connectivity index (χ2n) is 4.81. The number of nitrogens with one attached hydrogen (secondary N) is 1. The third-order valence-electron chi connectivity index (χ3n) is 3.24. The monoisotopic (exact) mass is 234 g/mol. The summed E-state index contributed by atoms with van der Waals surface area (Å²) in [5, 5.41) is 3.55. The van der Waals surface area contributed by atoms with E-state index in [-0.39, 0.29) is 0 Å². The van der Waals surface area contributed by atoms with Gasteiger partial charge in [0.15, 0.2) is 0 Å². The molecule has 1 aromatic heterocycles. The van der Waals surface area contributed by atoms with Gasteiger partial charge in [0, 0.05) is 18.3 Å². The molecule has 3 nitrogen and oxygen atoms in total. The Hall–Kier alpha value is -1.09. The van der Waals surface area contributed by atoms with E-state index in [0.717, 1.165) is 18.9 Å². The smallest absolute Gasteiger partial charge is 0.213 e. The molecular weight excluding hydrogens is 212 g/mol. The van der Waals surface area contributed by atoms with Gasteiger partial charge in [0.2, 0.25) is 5.88 Å². The van der Waals surface area contributed by atoms with Crippen molar-refractivity contribution in [3.05, 3.63) is 23.9 Å². The Balaban J connectivity index is 1.60. The predicted octanol–water partition coefficient (Wildman–Crippen LogP) is 2.69. The van der Waals surface area contributed by atoms with Gasteiger partial charge in [-0.2, -0.15) is 0 Å². The van der Waals surface area contributed by atoms with E-state index in [1.165, 1.54) is 37.8 Å². The zero-order valence-electron chi connectivity index (χ0n) is 10.6. The van der Waals surface area contributed by atoms with Crippen LogP contribution in [0.15, 0.2) is 18.3 Å². The average molecular weight is 234 g/mol. The van der Waals surface area contributed by atoms with Gasteiger partial charge in [0.05, 0.1) is 6.61 Å². The Morgan fingerprint density at radius 3 is 3.06 bits per heavy atom. The number of hydrogen-bond acceptors (Lipinski definition) is 3. The topological polar surface area (TPSA) is 34.1 Å². The predicted molar refractivity (Wildman–Crippen MR) is 69.3 cm³/mol. The van der Waals surface area contributed by atoms with Crippen LogP contribution in [0.4, 0.5) is 0 Å². The minimum atomic E-state index is 0.707. The minimum absolute atomic E-state index is 0.707. The molecule has 1 N–H and O–H groups in total. The normalized spacial score (nSPS) is 20.2. The number of nitrogens with zero attached hydrogens (tertiary/aromatic N) is 1. The zero-order valence-corrected chi connectivity index (χ0v) is 10.6. The van der Waals surface area contributed by atoms with Gasteiger partial charge in [-0.15, -0.1) is 0 Å². The number of aromatic nitrogens is 1. The Morgan fingerprint density at radius 2 is 2.35 bits per heavy atom. The molecule has 0 saturated carbocycles. The summed E-state index contributed by atoms with van der Waals surface area (Å²) in [6.45, 7) is 3.99. The van der Waals surface area contributed by atoms with E-state index < -0.39 is 0 Å². The van der Waals surface area contributed by atoms with Crippen molar-refractivity contribution in [1.29, 1.82) is 0 Å². The largest absolute Gasteiger partial charge is 0.478 e. The Labute approximate surface area is 104 Å². The molecule has 1 saturated heterocycles. The number of ether oxygens (including phenoxy) is 1. The quantitative estimate of drug-likeness (QED) is 0.795. The minimum Gasteiger partial charge on any atom is -0.478 e. The molecule has 2 heterocycles. The van der Waals surface area contributed by atoms with Gasteiger partial charge in [-0.3, -0.25) is 0 Å². The van der Waals surface area contributed by atoms with Crippen LogP contribution in [0, 0.1) is 6.92 Å². The van der Waals surface area contributed by atoms with Crippen LogP contribution in [-0.2, 0) is 0 Å². The van der Waals surface area contributed by atoms with Crippen LogP contribution in [0.25, 0.3) is 0 Å². The summed E-state index contributed by atoms with van der Waals surface area (Å²) in [6.07, 6.45) is 8.19. The summed E-state index contributed by atoms with van der Waals surface area (Å²) in [4.78, 5) is 4.22. The Kier molecular flexibility index (Phi) is 4.80. The summed E-state index contributed by atoms with van der Waals surface area (Å²) in [6, 6.07) is 4.68. The van der Waals surface area contributed by atoms with Gasteiger partial charge < -0.3 is 10.1 Å². The molecule has 94 valence electrons. The van der Waals surface area contributed by atoms with Crippen molar-refractivity contribution in [1.82, 2.24) is 10.3 Å². The highest BCUT2D eigenvalue weighted by atomic mass is 16.5. The molecule has 0 amide bonds. The van der Waals surface area contributed by atoms with Crippen LogP contribution in [0.2, 0.25) is 0 Å². The van der Waals surface area contributed by atoms with Crippen LogP contribution in [-0.4, -0.2) is 24.2 Å². The van der Waals surface area contributed by atoms with Gasteiger partial charge in [-0.25, -0.2) is 4.98 Å². The molecule has 1 aliphatic heterocycles. The maximum atomic E-state index is 5.61. The van der Waals surface area contributed by atoms with Crippen LogP contribution in [0.3, 0.4) is 0 Å². The molecule has 0 unspecified atom stereocenters. The van der Waals surface area contributed by atoms with E-state index in [9.17, 15) is 0 Å². The van der Waals surface area contributed by atoms with E-state index >= 15 is 0 Å². The van der Waals surface area contributed by atoms with Gasteiger partial charge in [0.1, 0.15) is 0 Å². The average Bonchev–Trinajstić information content (AvgIpc) is 2.38. The fourth-order valence-electron chi connectivity index (χ4n) is 2.22. The number of piperidine rings is 1. The molecule has 0 aliphatic carbocycles. The van der Waals surface area contributed by atoms with Crippen molar-refractivity contribution in [2.45, 2.75) is 45.1 Å². The van der Waals surface area contributed by atoms with E-state index in [1.54, 1.807) is 0 Å². The van der Waals surface area contributed by atoms with E-state index in [0.29, 0.717) is 6.04 Å². The molecule has 3 heteroatoms. The highest BCUT2D eigenvalue weighted by molar-refractivity contribution is 5.16. The van der Waals surface area contributed by atoms with Crippen molar-refractivity contribution < 1.29 is 4.74 Å². The number of pyridine rings is 1. The van der Waals surface area contributed by atoms with Gasteiger partial charge >= 0.3 is 0 Å². The fraction of sp³-hybridized carbons (Fsp3) is 0.643. The summed E-state index contributed by atoms with van der Waals surface area (Å²) in [5.74, 6) is 0.743. The van der Waals surface area contributed by atoms with Crippen molar-refractivity contribution in [3.8, 4) is 5.88 Å². The standard InChI is InChI=1S/C14H22N2O/c1-12-7-8-14(16-11-12)17-10-4-6-13-5-2-3-9-15-13/h7-8,11,13,15H,2-6,9-10H2,1H3/t13-/m1/s1. The summed E-state index contributed by atoms with van der Waals surface area (Å²) in [7, 11) is 0. The van der Waals surface area contributed by atoms with Crippen molar-refractivity contribution in [3.63, 3.8) is 0 Å². The molecule has 17 heavy (non-hydrogen) atoms. The first-order valence-corrected chi connectivity index (χ1v) is 6.63. The molecule has 0 aromatic carbocycles. The second-order valence-corrected chi connectivity index (χ2v) is 4.81. The third kappa shape index (κ3) is 4.35. The SMILES string of the molecule is Cc1ccc(OCCC[C@H]2CCCCN2)nc1. The highest BCUT2D eigenvalue weighted by Gasteiger charge is 2.11. The van der Waals surface area contributed by atoms with Crippen LogP contribution < -0.4 is 10.1 Å². The maximum absolute atomic E-state index is 5.61. The van der Waals surface area contributed by atoms with E-state index in [4.69, 9.17) is 4.74 Å². The molecule has 0 bridgehead atoms. The summed E-state index contributed by atoms with van der Waals surface area (Å²) in [5.41, 5.74) is 1.17. The molecule has 2 rings (SSSR count). The molecular formula is C14H22N2O. The van der Waals surface area contributed by atoms with Crippen molar-refractivity contribution >= 4 is 0 Å². The van der Waals surface area contributed by atoms with E-state index in [1.807, 2.05) is 25.3 Å². The molecule has 1 fully saturated rings. The number of hydrogen-bond donors (Lipinski definition) is 1. The summed E-state index contributed by atoms with van der Waals surface area (Å²) < 4.78 is 5.61. The second kappa shape index (κ2) is 6.60. The molecule has 1 aromatic rings. The van der Waals surface area contributed by atoms with Crippen molar-refractivity contribution in [2.75, 3.05) is 13.2 Å².